The highest BCUT2D eigenvalue weighted by Gasteiger charge is 2.33. The van der Waals surface area contributed by atoms with E-state index in [4.69, 9.17) is 9.26 Å². The van der Waals surface area contributed by atoms with Crippen molar-refractivity contribution in [1.82, 2.24) is 25.0 Å². The number of hydrogen-bond donors (Lipinski definition) is 1. The number of morpholine rings is 1. The third-order valence-electron chi connectivity index (χ3n) is 4.03. The van der Waals surface area contributed by atoms with E-state index in [1.54, 1.807) is 24.2 Å². The van der Waals surface area contributed by atoms with Crippen molar-refractivity contribution in [3.63, 3.8) is 0 Å². The number of nitrogens with zero attached hydrogens (tertiary/aromatic N) is 4. The maximum atomic E-state index is 12.9. The van der Waals surface area contributed by atoms with Gasteiger partial charge in [0.05, 0.1) is 30.0 Å². The Morgan fingerprint density at radius 2 is 2.25 bits per heavy atom. The number of aromatic amines is 1. The maximum Gasteiger partial charge on any atom is 0.257 e. The Bertz CT molecular complexity index is 887. The summed E-state index contributed by atoms with van der Waals surface area (Å²) in [5.74, 6) is 0.901. The van der Waals surface area contributed by atoms with Gasteiger partial charge in [-0.1, -0.05) is 5.16 Å². The zero-order valence-corrected chi connectivity index (χ0v) is 13.4. The number of rotatable bonds is 2. The number of H-pyrrole nitrogens is 1. The zero-order valence-electron chi connectivity index (χ0n) is 13.4. The minimum absolute atomic E-state index is 0.0529. The first-order chi connectivity index (χ1) is 11.6. The van der Waals surface area contributed by atoms with Crippen LogP contribution in [0.1, 0.15) is 35.1 Å². The Morgan fingerprint density at radius 3 is 3.04 bits per heavy atom. The number of aryl methyl sites for hydroxylation is 1. The summed E-state index contributed by atoms with van der Waals surface area (Å²) in [6, 6.07) is 5.44. The van der Waals surface area contributed by atoms with Crippen LogP contribution < -0.4 is 0 Å². The van der Waals surface area contributed by atoms with Crippen molar-refractivity contribution in [2.45, 2.75) is 26.1 Å². The van der Waals surface area contributed by atoms with E-state index in [2.05, 4.69) is 20.1 Å². The normalized spacial score (nSPS) is 21.3. The van der Waals surface area contributed by atoms with Gasteiger partial charge in [0.2, 0.25) is 0 Å². The third kappa shape index (κ3) is 2.65. The molecule has 0 spiro atoms. The van der Waals surface area contributed by atoms with Crippen molar-refractivity contribution in [2.75, 3.05) is 13.1 Å². The Balaban J connectivity index is 1.58. The molecule has 1 aliphatic heterocycles. The molecule has 1 aromatic carbocycles. The first-order valence-corrected chi connectivity index (χ1v) is 7.78. The Labute approximate surface area is 137 Å². The lowest BCUT2D eigenvalue weighted by Crippen LogP contribution is -2.46. The van der Waals surface area contributed by atoms with Crippen molar-refractivity contribution < 1.29 is 14.1 Å². The van der Waals surface area contributed by atoms with Crippen LogP contribution >= 0.6 is 0 Å². The van der Waals surface area contributed by atoms with Gasteiger partial charge in [-0.2, -0.15) is 4.98 Å². The van der Waals surface area contributed by atoms with E-state index < -0.39 is 6.10 Å². The van der Waals surface area contributed by atoms with Gasteiger partial charge in [0, 0.05) is 12.1 Å². The van der Waals surface area contributed by atoms with Gasteiger partial charge in [0.1, 0.15) is 0 Å². The van der Waals surface area contributed by atoms with E-state index >= 15 is 0 Å². The first-order valence-electron chi connectivity index (χ1n) is 7.78. The number of aromatic nitrogens is 4. The second-order valence-electron chi connectivity index (χ2n) is 5.96. The molecule has 24 heavy (non-hydrogen) atoms. The van der Waals surface area contributed by atoms with Crippen LogP contribution in [0.15, 0.2) is 29.0 Å². The van der Waals surface area contributed by atoms with Crippen LogP contribution in [0.25, 0.3) is 11.0 Å². The maximum absolute atomic E-state index is 12.9. The molecule has 0 radical (unpaired) electrons. The number of fused-ring (bicyclic) bond motifs is 1. The van der Waals surface area contributed by atoms with Crippen LogP contribution in [0.4, 0.5) is 0 Å². The van der Waals surface area contributed by atoms with Crippen LogP contribution in [0.2, 0.25) is 0 Å². The van der Waals surface area contributed by atoms with Gasteiger partial charge >= 0.3 is 0 Å². The Kier molecular flexibility index (Phi) is 3.53. The fourth-order valence-electron chi connectivity index (χ4n) is 2.95. The summed E-state index contributed by atoms with van der Waals surface area (Å²) in [6.45, 7) is 4.57. The molecule has 2 atom stereocenters. The van der Waals surface area contributed by atoms with E-state index in [0.717, 1.165) is 11.0 Å². The summed E-state index contributed by atoms with van der Waals surface area (Å²) in [5, 5.41) is 3.79. The molecular weight excluding hydrogens is 310 g/mol. The lowest BCUT2D eigenvalue weighted by molar-refractivity contribution is -0.0810. The topological polar surface area (TPSA) is 97.1 Å². The van der Waals surface area contributed by atoms with Crippen LogP contribution in [0.5, 0.6) is 0 Å². The van der Waals surface area contributed by atoms with Crippen molar-refractivity contribution in [2.24, 2.45) is 0 Å². The van der Waals surface area contributed by atoms with E-state index in [9.17, 15) is 4.79 Å². The van der Waals surface area contributed by atoms with Crippen LogP contribution in [0, 0.1) is 6.92 Å². The first kappa shape index (κ1) is 14.8. The molecule has 0 unspecified atom stereocenters. The quantitative estimate of drug-likeness (QED) is 0.771. The van der Waals surface area contributed by atoms with Crippen LogP contribution in [-0.2, 0) is 4.74 Å². The molecule has 2 aromatic heterocycles. The molecule has 1 fully saturated rings. The fourth-order valence-corrected chi connectivity index (χ4v) is 2.95. The number of imidazole rings is 1. The molecule has 1 amide bonds. The van der Waals surface area contributed by atoms with Gasteiger partial charge in [0.15, 0.2) is 11.9 Å². The molecule has 0 aliphatic carbocycles. The van der Waals surface area contributed by atoms with Gasteiger partial charge < -0.3 is 19.1 Å². The molecule has 124 valence electrons. The molecule has 0 bridgehead atoms. The molecule has 1 N–H and O–H groups in total. The fraction of sp³-hybridized carbons (Fsp3) is 0.375. The average molecular weight is 327 g/mol. The highest BCUT2D eigenvalue weighted by atomic mass is 16.5. The number of benzene rings is 1. The molecular formula is C16H17N5O3. The lowest BCUT2D eigenvalue weighted by atomic mass is 10.1. The van der Waals surface area contributed by atoms with E-state index in [1.165, 1.54) is 0 Å². The highest BCUT2D eigenvalue weighted by molar-refractivity contribution is 5.97. The number of carbonyl (C=O) groups is 1. The SMILES string of the molecule is Cc1noc([C@H]2CN(C(=O)c3ccc4nc[nH]c4c3)C[C@@H](C)O2)n1. The summed E-state index contributed by atoms with van der Waals surface area (Å²) >= 11 is 0. The molecule has 1 saturated heterocycles. The predicted octanol–water partition coefficient (Wildman–Crippen LogP) is 1.86. The summed E-state index contributed by atoms with van der Waals surface area (Å²) in [7, 11) is 0. The van der Waals surface area contributed by atoms with Gasteiger partial charge in [-0.3, -0.25) is 4.79 Å². The van der Waals surface area contributed by atoms with Crippen LogP contribution in [-0.4, -0.2) is 50.1 Å². The monoisotopic (exact) mass is 327 g/mol. The average Bonchev–Trinajstić information content (AvgIpc) is 3.21. The van der Waals surface area contributed by atoms with Gasteiger partial charge in [-0.15, -0.1) is 0 Å². The summed E-state index contributed by atoms with van der Waals surface area (Å²) in [5.41, 5.74) is 2.29. The zero-order chi connectivity index (χ0) is 16.7. The summed E-state index contributed by atoms with van der Waals surface area (Å²) in [6.07, 6.45) is 1.09. The number of ether oxygens (including phenoxy) is 1. The van der Waals surface area contributed by atoms with Gasteiger partial charge in [-0.25, -0.2) is 4.98 Å². The largest absolute Gasteiger partial charge is 0.362 e. The van der Waals surface area contributed by atoms with Crippen molar-refractivity contribution in [1.29, 1.82) is 0 Å². The smallest absolute Gasteiger partial charge is 0.257 e. The van der Waals surface area contributed by atoms with Gasteiger partial charge in [0.25, 0.3) is 11.8 Å². The molecule has 1 aliphatic rings. The summed E-state index contributed by atoms with van der Waals surface area (Å²) < 4.78 is 11.0. The lowest BCUT2D eigenvalue weighted by Gasteiger charge is -2.35. The molecule has 4 rings (SSSR count). The number of amides is 1. The third-order valence-corrected chi connectivity index (χ3v) is 4.03. The molecule has 8 heteroatoms. The van der Waals surface area contributed by atoms with Crippen molar-refractivity contribution >= 4 is 16.9 Å². The number of hydrogen-bond acceptors (Lipinski definition) is 6. The van der Waals surface area contributed by atoms with Gasteiger partial charge in [-0.05, 0) is 32.0 Å². The second kappa shape index (κ2) is 5.72. The molecule has 3 heterocycles. The van der Waals surface area contributed by atoms with Crippen molar-refractivity contribution in [3.8, 4) is 0 Å². The summed E-state index contributed by atoms with van der Waals surface area (Å²) in [4.78, 5) is 26.0. The number of carbonyl (C=O) groups excluding carboxylic acids is 1. The molecule has 0 saturated carbocycles. The minimum atomic E-state index is -0.408. The predicted molar refractivity (Wildman–Crippen MR) is 84.3 cm³/mol. The molecule has 8 nitrogen and oxygen atoms in total. The van der Waals surface area contributed by atoms with E-state index in [-0.39, 0.29) is 12.0 Å². The van der Waals surface area contributed by atoms with E-state index in [1.807, 2.05) is 19.1 Å². The Hall–Kier alpha value is -2.74. The van der Waals surface area contributed by atoms with E-state index in [0.29, 0.717) is 30.4 Å². The van der Waals surface area contributed by atoms with Crippen molar-refractivity contribution in [3.05, 3.63) is 41.8 Å². The number of nitrogens with one attached hydrogen (secondary N) is 1. The second-order valence-corrected chi connectivity index (χ2v) is 5.96. The molecule has 3 aromatic rings. The van der Waals surface area contributed by atoms with Crippen LogP contribution in [0.3, 0.4) is 0 Å². The minimum Gasteiger partial charge on any atom is -0.362 e. The standard InChI is InChI=1S/C16H17N5O3/c1-9-6-21(7-14(23-9)15-19-10(2)20-24-15)16(22)11-3-4-12-13(5-11)18-8-17-12/h3-5,8-9,14H,6-7H2,1-2H3,(H,17,18)/t9-,14-/m1/s1. The Morgan fingerprint density at radius 1 is 1.38 bits per heavy atom. The highest BCUT2D eigenvalue weighted by Crippen LogP contribution is 2.25.